The molecule has 0 saturated carbocycles. The first kappa shape index (κ1) is 18.5. The van der Waals surface area contributed by atoms with Crippen LogP contribution in [0.4, 0.5) is 0 Å². The van der Waals surface area contributed by atoms with Crippen LogP contribution in [0.2, 0.25) is 0 Å². The standard InChI is InChI=1S/C10H14BrNO7S2/c1-19-9(16)6-2-7(8(11)20-6)21(17,18)12-10(3-13,4-14)5-15/h2,12-15H,3-5H2,1H3. The number of aliphatic hydroxyl groups is 3. The van der Waals surface area contributed by atoms with Crippen LogP contribution in [0.15, 0.2) is 14.7 Å². The molecule has 0 saturated heterocycles. The number of hydrogen-bond acceptors (Lipinski definition) is 8. The quantitative estimate of drug-likeness (QED) is 0.442. The molecule has 0 aliphatic rings. The number of sulfonamides is 1. The van der Waals surface area contributed by atoms with Gasteiger partial charge >= 0.3 is 5.97 Å². The third-order valence-electron chi connectivity index (χ3n) is 2.59. The van der Waals surface area contributed by atoms with Crippen molar-refractivity contribution in [2.24, 2.45) is 0 Å². The summed E-state index contributed by atoms with van der Waals surface area (Å²) in [4.78, 5) is 11.2. The zero-order chi connectivity index (χ0) is 16.3. The Kier molecular flexibility index (Phi) is 6.28. The summed E-state index contributed by atoms with van der Waals surface area (Å²) >= 11 is 3.89. The monoisotopic (exact) mass is 403 g/mol. The molecule has 0 unspecified atom stereocenters. The van der Waals surface area contributed by atoms with E-state index in [0.717, 1.165) is 24.5 Å². The normalized spacial score (nSPS) is 12.4. The van der Waals surface area contributed by atoms with Crippen molar-refractivity contribution >= 4 is 43.3 Å². The molecule has 21 heavy (non-hydrogen) atoms. The molecule has 0 fully saturated rings. The summed E-state index contributed by atoms with van der Waals surface area (Å²) in [5.74, 6) is -0.695. The number of aliphatic hydroxyl groups excluding tert-OH is 3. The topological polar surface area (TPSA) is 133 Å². The van der Waals surface area contributed by atoms with Crippen molar-refractivity contribution in [3.63, 3.8) is 0 Å². The number of rotatable bonds is 7. The van der Waals surface area contributed by atoms with Gasteiger partial charge in [0.15, 0.2) is 0 Å². The lowest BCUT2D eigenvalue weighted by Gasteiger charge is -2.28. The summed E-state index contributed by atoms with van der Waals surface area (Å²) in [5, 5.41) is 27.5. The minimum atomic E-state index is -4.18. The number of carbonyl (C=O) groups is 1. The van der Waals surface area contributed by atoms with Gasteiger partial charge in [-0.1, -0.05) is 0 Å². The molecule has 0 radical (unpaired) electrons. The number of ether oxygens (including phenoxy) is 1. The SMILES string of the molecule is COC(=O)c1cc(S(=O)(=O)NC(CO)(CO)CO)c(Br)s1. The molecule has 1 heterocycles. The van der Waals surface area contributed by atoms with Crippen molar-refractivity contribution in [2.45, 2.75) is 10.4 Å². The van der Waals surface area contributed by atoms with E-state index in [1.807, 2.05) is 4.72 Å². The van der Waals surface area contributed by atoms with Gasteiger partial charge in [0.2, 0.25) is 10.0 Å². The Labute approximate surface area is 133 Å². The summed E-state index contributed by atoms with van der Waals surface area (Å²) in [6.07, 6.45) is 0. The molecule has 1 aromatic rings. The van der Waals surface area contributed by atoms with Crippen molar-refractivity contribution in [3.05, 3.63) is 14.7 Å². The Morgan fingerprint density at radius 2 is 1.90 bits per heavy atom. The van der Waals surface area contributed by atoms with Gasteiger partial charge in [0.1, 0.15) is 15.3 Å². The van der Waals surface area contributed by atoms with Gasteiger partial charge < -0.3 is 20.1 Å². The van der Waals surface area contributed by atoms with E-state index >= 15 is 0 Å². The van der Waals surface area contributed by atoms with Crippen LogP contribution in [0, 0.1) is 0 Å². The Bertz CT molecular complexity index is 601. The first-order valence-electron chi connectivity index (χ1n) is 5.49. The van der Waals surface area contributed by atoms with Crippen LogP contribution in [-0.2, 0) is 14.8 Å². The second-order valence-corrected chi connectivity index (χ2v) is 8.12. The molecule has 1 rings (SSSR count). The molecule has 11 heteroatoms. The maximum absolute atomic E-state index is 12.2. The predicted octanol–water partition coefficient (Wildman–Crippen LogP) is -0.709. The molecule has 0 aliphatic carbocycles. The Morgan fingerprint density at radius 3 is 2.33 bits per heavy atom. The molecular formula is C10H14BrNO7S2. The molecule has 1 aromatic heterocycles. The minimum absolute atomic E-state index is 0.0624. The van der Waals surface area contributed by atoms with E-state index in [9.17, 15) is 13.2 Å². The molecule has 0 amide bonds. The lowest BCUT2D eigenvalue weighted by molar-refractivity contribution is 0.0580. The van der Waals surface area contributed by atoms with E-state index in [4.69, 9.17) is 15.3 Å². The van der Waals surface area contributed by atoms with Crippen LogP contribution >= 0.6 is 27.3 Å². The lowest BCUT2D eigenvalue weighted by Crippen LogP contribution is -2.56. The number of halogens is 1. The van der Waals surface area contributed by atoms with Gasteiger partial charge in [0.25, 0.3) is 0 Å². The van der Waals surface area contributed by atoms with Crippen LogP contribution in [0.5, 0.6) is 0 Å². The summed E-state index contributed by atoms with van der Waals surface area (Å²) < 4.78 is 31.2. The van der Waals surface area contributed by atoms with Crippen LogP contribution in [0.3, 0.4) is 0 Å². The van der Waals surface area contributed by atoms with Gasteiger partial charge in [-0.3, -0.25) is 0 Å². The predicted molar refractivity (Wildman–Crippen MR) is 77.7 cm³/mol. The summed E-state index contributed by atoms with van der Waals surface area (Å²) in [6.45, 7) is -2.40. The molecule has 0 spiro atoms. The summed E-state index contributed by atoms with van der Waals surface area (Å²) in [7, 11) is -3.02. The van der Waals surface area contributed by atoms with Crippen LogP contribution in [0.25, 0.3) is 0 Å². The van der Waals surface area contributed by atoms with Crippen molar-refractivity contribution in [2.75, 3.05) is 26.9 Å². The molecule has 0 aromatic carbocycles. The Hall–Kier alpha value is -0.560. The van der Waals surface area contributed by atoms with Gasteiger partial charge in [-0.05, 0) is 22.0 Å². The van der Waals surface area contributed by atoms with E-state index < -0.39 is 41.4 Å². The zero-order valence-electron chi connectivity index (χ0n) is 10.9. The number of methoxy groups -OCH3 is 1. The Balaban J connectivity index is 3.20. The number of esters is 1. The maximum Gasteiger partial charge on any atom is 0.348 e. The van der Waals surface area contributed by atoms with Crippen LogP contribution < -0.4 is 4.72 Å². The van der Waals surface area contributed by atoms with E-state index in [1.54, 1.807) is 0 Å². The highest BCUT2D eigenvalue weighted by atomic mass is 79.9. The van der Waals surface area contributed by atoms with Crippen LogP contribution in [-0.4, -0.2) is 62.2 Å². The molecule has 0 aliphatic heterocycles. The van der Waals surface area contributed by atoms with Gasteiger partial charge in [-0.2, -0.15) is 4.72 Å². The van der Waals surface area contributed by atoms with Crippen molar-refractivity contribution in [3.8, 4) is 0 Å². The van der Waals surface area contributed by atoms with Gasteiger partial charge in [0, 0.05) is 0 Å². The number of thiophene rings is 1. The molecule has 0 bridgehead atoms. The van der Waals surface area contributed by atoms with Gasteiger partial charge in [-0.25, -0.2) is 13.2 Å². The summed E-state index contributed by atoms with van der Waals surface area (Å²) in [5.41, 5.74) is -1.80. The fourth-order valence-corrected chi connectivity index (χ4v) is 5.18. The van der Waals surface area contributed by atoms with Crippen LogP contribution in [0.1, 0.15) is 9.67 Å². The second kappa shape index (κ2) is 7.13. The highest BCUT2D eigenvalue weighted by Crippen LogP contribution is 2.32. The van der Waals surface area contributed by atoms with E-state index in [-0.39, 0.29) is 13.6 Å². The number of carbonyl (C=O) groups excluding carboxylic acids is 1. The van der Waals surface area contributed by atoms with E-state index in [2.05, 4.69) is 20.7 Å². The van der Waals surface area contributed by atoms with Crippen molar-refractivity contribution < 1.29 is 33.3 Å². The molecule has 4 N–H and O–H groups in total. The lowest BCUT2D eigenvalue weighted by atomic mass is 10.1. The summed E-state index contributed by atoms with van der Waals surface area (Å²) in [6, 6.07) is 1.10. The highest BCUT2D eigenvalue weighted by molar-refractivity contribution is 9.11. The fourth-order valence-electron chi connectivity index (χ4n) is 1.32. The first-order valence-corrected chi connectivity index (χ1v) is 8.58. The molecule has 120 valence electrons. The average molecular weight is 404 g/mol. The fraction of sp³-hybridized carbons (Fsp3) is 0.500. The van der Waals surface area contributed by atoms with E-state index in [1.165, 1.54) is 0 Å². The third-order valence-corrected chi connectivity index (χ3v) is 6.40. The molecule has 8 nitrogen and oxygen atoms in total. The maximum atomic E-state index is 12.2. The smallest absolute Gasteiger partial charge is 0.348 e. The second-order valence-electron chi connectivity index (χ2n) is 4.10. The largest absolute Gasteiger partial charge is 0.465 e. The first-order chi connectivity index (χ1) is 9.75. The Morgan fingerprint density at radius 1 is 1.38 bits per heavy atom. The van der Waals surface area contributed by atoms with Gasteiger partial charge in [-0.15, -0.1) is 11.3 Å². The molecule has 0 atom stereocenters. The number of hydrogen-bond donors (Lipinski definition) is 4. The average Bonchev–Trinajstić information content (AvgIpc) is 2.87. The zero-order valence-corrected chi connectivity index (χ0v) is 14.1. The van der Waals surface area contributed by atoms with E-state index in [0.29, 0.717) is 0 Å². The highest BCUT2D eigenvalue weighted by Gasteiger charge is 2.35. The third kappa shape index (κ3) is 4.00. The minimum Gasteiger partial charge on any atom is -0.465 e. The van der Waals surface area contributed by atoms with Crippen molar-refractivity contribution in [1.82, 2.24) is 4.72 Å². The van der Waals surface area contributed by atoms with Crippen molar-refractivity contribution in [1.29, 1.82) is 0 Å². The molecular weight excluding hydrogens is 390 g/mol. The number of nitrogens with one attached hydrogen (secondary N) is 1. The van der Waals surface area contributed by atoms with Gasteiger partial charge in [0.05, 0.1) is 30.7 Å².